The van der Waals surface area contributed by atoms with Gasteiger partial charge in [-0.05, 0) is 0 Å². The minimum atomic E-state index is -0.495. The Bertz CT molecular complexity index is 511. The number of benzene rings is 2. The van der Waals surface area contributed by atoms with Crippen LogP contribution in [0.15, 0.2) is 30.3 Å². The van der Waals surface area contributed by atoms with E-state index < -0.39 is 5.82 Å². The molecule has 0 saturated heterocycles. The molecule has 2 rings (SSSR count). The van der Waals surface area contributed by atoms with Crippen LogP contribution in [-0.2, 0) is 4.74 Å². The lowest BCUT2D eigenvalue weighted by molar-refractivity contribution is 0.0484. The number of ether oxygens (including phenoxy) is 2. The molecular formula is C12H11FO3. The molecule has 3 nitrogen and oxygen atoms in total. The molecule has 1 N–H and O–H groups in total. The van der Waals surface area contributed by atoms with Gasteiger partial charge in [-0.2, -0.15) is 0 Å². The molecule has 0 fully saturated rings. The van der Waals surface area contributed by atoms with Crippen LogP contribution in [0.1, 0.15) is 0 Å². The van der Waals surface area contributed by atoms with Gasteiger partial charge in [-0.3, -0.25) is 0 Å². The van der Waals surface area contributed by atoms with E-state index in [4.69, 9.17) is 4.74 Å². The molecule has 0 heterocycles. The molecule has 16 heavy (non-hydrogen) atoms. The Morgan fingerprint density at radius 1 is 1.25 bits per heavy atom. The van der Waals surface area contributed by atoms with Crippen LogP contribution in [0.5, 0.6) is 11.5 Å². The van der Waals surface area contributed by atoms with Crippen molar-refractivity contribution in [3.63, 3.8) is 0 Å². The first-order chi connectivity index (χ1) is 7.74. The predicted octanol–water partition coefficient (Wildman–Crippen LogP) is 2.67. The van der Waals surface area contributed by atoms with E-state index in [-0.39, 0.29) is 18.3 Å². The minimum absolute atomic E-state index is 0.0110. The molecule has 0 saturated carbocycles. The molecule has 0 atom stereocenters. The van der Waals surface area contributed by atoms with E-state index in [2.05, 4.69) is 4.74 Å². The fraction of sp³-hybridized carbons (Fsp3) is 0.167. The Labute approximate surface area is 92.0 Å². The van der Waals surface area contributed by atoms with Crippen molar-refractivity contribution < 1.29 is 19.0 Å². The van der Waals surface area contributed by atoms with Crippen molar-refractivity contribution in [3.8, 4) is 11.5 Å². The fourth-order valence-electron chi connectivity index (χ4n) is 1.52. The lowest BCUT2D eigenvalue weighted by Gasteiger charge is -2.09. The normalized spacial score (nSPS) is 10.6. The zero-order chi connectivity index (χ0) is 11.5. The largest absolute Gasteiger partial charge is 0.507 e. The maximum absolute atomic E-state index is 13.9. The standard InChI is InChI=1S/C12H11FO3/c1-15-7-16-11-6-10(14)8-4-2-3-5-9(8)12(11)13/h2-6,14H,7H2,1H3. The van der Waals surface area contributed by atoms with Crippen LogP contribution in [0.3, 0.4) is 0 Å². The van der Waals surface area contributed by atoms with Crippen LogP contribution in [-0.4, -0.2) is 19.0 Å². The molecule has 4 heteroatoms. The number of hydrogen-bond donors (Lipinski definition) is 1. The molecule has 0 unspecified atom stereocenters. The Kier molecular flexibility index (Phi) is 2.92. The summed E-state index contributed by atoms with van der Waals surface area (Å²) in [7, 11) is 1.44. The van der Waals surface area contributed by atoms with Gasteiger partial charge in [0.05, 0.1) is 0 Å². The zero-order valence-corrected chi connectivity index (χ0v) is 8.74. The van der Waals surface area contributed by atoms with E-state index in [0.717, 1.165) is 0 Å². The summed E-state index contributed by atoms with van der Waals surface area (Å²) in [5.41, 5.74) is 0. The van der Waals surface area contributed by atoms with Gasteiger partial charge in [0.1, 0.15) is 5.75 Å². The number of phenols is 1. The summed E-state index contributed by atoms with van der Waals surface area (Å²) in [5.74, 6) is -0.522. The minimum Gasteiger partial charge on any atom is -0.507 e. The SMILES string of the molecule is COCOc1cc(O)c2ccccc2c1F. The number of fused-ring (bicyclic) bond motifs is 1. The van der Waals surface area contributed by atoms with Gasteiger partial charge >= 0.3 is 0 Å². The van der Waals surface area contributed by atoms with E-state index in [0.29, 0.717) is 10.8 Å². The van der Waals surface area contributed by atoms with Crippen LogP contribution >= 0.6 is 0 Å². The number of aromatic hydroxyl groups is 1. The van der Waals surface area contributed by atoms with Gasteiger partial charge < -0.3 is 14.6 Å². The van der Waals surface area contributed by atoms with Crippen molar-refractivity contribution in [1.82, 2.24) is 0 Å². The first-order valence-corrected chi connectivity index (χ1v) is 4.76. The molecule has 0 spiro atoms. The molecule has 0 bridgehead atoms. The molecule has 2 aromatic carbocycles. The van der Waals surface area contributed by atoms with Crippen LogP contribution in [0, 0.1) is 5.82 Å². The quantitative estimate of drug-likeness (QED) is 0.811. The average molecular weight is 222 g/mol. The number of hydrogen-bond acceptors (Lipinski definition) is 3. The smallest absolute Gasteiger partial charge is 0.188 e. The van der Waals surface area contributed by atoms with Crippen molar-refractivity contribution in [2.24, 2.45) is 0 Å². The molecule has 0 aliphatic heterocycles. The molecule has 0 radical (unpaired) electrons. The van der Waals surface area contributed by atoms with Gasteiger partial charge in [0.15, 0.2) is 18.4 Å². The summed E-state index contributed by atoms with van der Waals surface area (Å²) in [6.45, 7) is -0.0608. The second-order valence-electron chi connectivity index (χ2n) is 3.30. The number of phenolic OH excluding ortho intramolecular Hbond substituents is 1. The van der Waals surface area contributed by atoms with E-state index in [1.807, 2.05) is 0 Å². The molecule has 0 aromatic heterocycles. The summed E-state index contributed by atoms with van der Waals surface area (Å²) in [4.78, 5) is 0. The average Bonchev–Trinajstić information content (AvgIpc) is 2.32. The van der Waals surface area contributed by atoms with E-state index in [1.165, 1.54) is 13.2 Å². The first kappa shape index (κ1) is 10.7. The van der Waals surface area contributed by atoms with Crippen LogP contribution in [0.25, 0.3) is 10.8 Å². The van der Waals surface area contributed by atoms with Gasteiger partial charge in [-0.1, -0.05) is 24.3 Å². The predicted molar refractivity (Wildman–Crippen MR) is 58.1 cm³/mol. The van der Waals surface area contributed by atoms with Crippen molar-refractivity contribution in [3.05, 3.63) is 36.1 Å². The second kappa shape index (κ2) is 4.37. The second-order valence-corrected chi connectivity index (χ2v) is 3.30. The molecule has 0 aliphatic rings. The van der Waals surface area contributed by atoms with E-state index >= 15 is 0 Å². The summed E-state index contributed by atoms with van der Waals surface area (Å²) >= 11 is 0. The molecule has 84 valence electrons. The highest BCUT2D eigenvalue weighted by Crippen LogP contribution is 2.33. The molecule has 0 aliphatic carbocycles. The van der Waals surface area contributed by atoms with Crippen molar-refractivity contribution in [1.29, 1.82) is 0 Å². The molecule has 0 amide bonds. The third-order valence-electron chi connectivity index (χ3n) is 2.26. The number of halogens is 1. The Morgan fingerprint density at radius 2 is 1.94 bits per heavy atom. The first-order valence-electron chi connectivity index (χ1n) is 4.76. The Hall–Kier alpha value is -1.81. The molecule has 2 aromatic rings. The third-order valence-corrected chi connectivity index (χ3v) is 2.26. The van der Waals surface area contributed by atoms with Gasteiger partial charge in [-0.15, -0.1) is 0 Å². The summed E-state index contributed by atoms with van der Waals surface area (Å²) in [6, 6.07) is 7.91. The lowest BCUT2D eigenvalue weighted by atomic mass is 10.1. The van der Waals surface area contributed by atoms with Crippen molar-refractivity contribution in [2.75, 3.05) is 13.9 Å². The van der Waals surface area contributed by atoms with Gasteiger partial charge in [0.25, 0.3) is 0 Å². The van der Waals surface area contributed by atoms with Gasteiger partial charge in [0.2, 0.25) is 0 Å². The lowest BCUT2D eigenvalue weighted by Crippen LogP contribution is -2.01. The number of methoxy groups -OCH3 is 1. The Balaban J connectivity index is 2.56. The van der Waals surface area contributed by atoms with Crippen molar-refractivity contribution >= 4 is 10.8 Å². The maximum Gasteiger partial charge on any atom is 0.188 e. The van der Waals surface area contributed by atoms with E-state index in [9.17, 15) is 9.50 Å². The molecular weight excluding hydrogens is 211 g/mol. The maximum atomic E-state index is 13.9. The summed E-state index contributed by atoms with van der Waals surface area (Å²) in [6.07, 6.45) is 0. The monoisotopic (exact) mass is 222 g/mol. The van der Waals surface area contributed by atoms with Crippen LogP contribution < -0.4 is 4.74 Å². The number of rotatable bonds is 3. The Morgan fingerprint density at radius 3 is 2.62 bits per heavy atom. The van der Waals surface area contributed by atoms with E-state index in [1.54, 1.807) is 24.3 Å². The highest BCUT2D eigenvalue weighted by Gasteiger charge is 2.12. The van der Waals surface area contributed by atoms with Crippen LogP contribution in [0.4, 0.5) is 4.39 Å². The van der Waals surface area contributed by atoms with Crippen molar-refractivity contribution in [2.45, 2.75) is 0 Å². The zero-order valence-electron chi connectivity index (χ0n) is 8.74. The highest BCUT2D eigenvalue weighted by atomic mass is 19.1. The summed E-state index contributed by atoms with van der Waals surface area (Å²) < 4.78 is 23.6. The van der Waals surface area contributed by atoms with Gasteiger partial charge in [0, 0.05) is 23.9 Å². The fourth-order valence-corrected chi connectivity index (χ4v) is 1.52. The van der Waals surface area contributed by atoms with Gasteiger partial charge in [-0.25, -0.2) is 4.39 Å². The highest BCUT2D eigenvalue weighted by molar-refractivity contribution is 5.90. The topological polar surface area (TPSA) is 38.7 Å². The third kappa shape index (κ3) is 1.79. The van der Waals surface area contributed by atoms with Crippen LogP contribution in [0.2, 0.25) is 0 Å². The summed E-state index contributed by atoms with van der Waals surface area (Å²) in [5, 5.41) is 10.5.